The topological polar surface area (TPSA) is 75.4 Å². The number of aromatic nitrogens is 2. The van der Waals surface area contributed by atoms with Gasteiger partial charge in [-0.15, -0.1) is 0 Å². The number of hydrogen-bond donors (Lipinski definition) is 1. The van der Waals surface area contributed by atoms with E-state index in [0.29, 0.717) is 18.7 Å². The first-order valence-corrected chi connectivity index (χ1v) is 8.04. The highest BCUT2D eigenvalue weighted by Crippen LogP contribution is 2.28. The van der Waals surface area contributed by atoms with E-state index in [1.807, 2.05) is 0 Å². The zero-order chi connectivity index (χ0) is 18.9. The first kappa shape index (κ1) is 18.0. The molecule has 2 heterocycles. The van der Waals surface area contributed by atoms with Gasteiger partial charge in [-0.1, -0.05) is 0 Å². The normalized spacial score (nSPS) is 18.0. The van der Waals surface area contributed by atoms with Crippen LogP contribution in [0.1, 0.15) is 35.3 Å². The lowest BCUT2D eigenvalue weighted by molar-refractivity contribution is -0.143. The molecule has 1 fully saturated rings. The Morgan fingerprint density at radius 3 is 2.38 bits per heavy atom. The van der Waals surface area contributed by atoms with E-state index in [-0.39, 0.29) is 5.56 Å². The molecule has 1 aromatic carbocycles. The summed E-state index contributed by atoms with van der Waals surface area (Å²) in [6, 6.07) is 5.88. The highest BCUT2D eigenvalue weighted by atomic mass is 19.4. The molecule has 26 heavy (non-hydrogen) atoms. The van der Waals surface area contributed by atoms with Crippen LogP contribution in [0.15, 0.2) is 36.5 Å². The highest BCUT2D eigenvalue weighted by molar-refractivity contribution is 5.96. The van der Waals surface area contributed by atoms with Gasteiger partial charge in [-0.25, -0.2) is 9.48 Å². The van der Waals surface area contributed by atoms with Gasteiger partial charge in [-0.2, -0.15) is 18.3 Å². The summed E-state index contributed by atoms with van der Waals surface area (Å²) in [6.45, 7) is 0.367. The van der Waals surface area contributed by atoms with E-state index < -0.39 is 29.8 Å². The number of aliphatic carboxylic acids is 1. The Morgan fingerprint density at radius 1 is 1.12 bits per heavy atom. The number of alkyl halides is 3. The lowest BCUT2D eigenvalue weighted by atomic mass is 10.0. The van der Waals surface area contributed by atoms with Crippen LogP contribution in [0.5, 0.6) is 0 Å². The van der Waals surface area contributed by atoms with Crippen LogP contribution in [0.2, 0.25) is 0 Å². The second kappa shape index (κ2) is 6.81. The summed E-state index contributed by atoms with van der Waals surface area (Å²) in [6.07, 6.45) is -1.44. The standard InChI is InChI=1S/C17H16F3N3O3/c18-17(19,20)14-8-10-23(21-14)12-6-4-11(5-7-12)15(24)22-9-2-1-3-13(22)16(25)26/h4-8,10,13H,1-3,9H2,(H,25,26)/t13-/m1/s1. The molecule has 1 amide bonds. The third-order valence-corrected chi connectivity index (χ3v) is 4.31. The zero-order valence-electron chi connectivity index (χ0n) is 13.6. The van der Waals surface area contributed by atoms with Gasteiger partial charge in [-0.05, 0) is 49.6 Å². The van der Waals surface area contributed by atoms with Gasteiger partial charge in [0.2, 0.25) is 0 Å². The second-order valence-corrected chi connectivity index (χ2v) is 6.04. The van der Waals surface area contributed by atoms with Crippen LogP contribution in [-0.4, -0.2) is 44.3 Å². The monoisotopic (exact) mass is 367 g/mol. The summed E-state index contributed by atoms with van der Waals surface area (Å²) in [4.78, 5) is 25.2. The van der Waals surface area contributed by atoms with Crippen molar-refractivity contribution in [2.75, 3.05) is 6.54 Å². The average Bonchev–Trinajstić information content (AvgIpc) is 3.12. The lowest BCUT2D eigenvalue weighted by Gasteiger charge is -2.33. The molecule has 0 aliphatic carbocycles. The predicted molar refractivity (Wildman–Crippen MR) is 84.9 cm³/mol. The van der Waals surface area contributed by atoms with Crippen LogP contribution in [0.3, 0.4) is 0 Å². The average molecular weight is 367 g/mol. The summed E-state index contributed by atoms with van der Waals surface area (Å²) in [5, 5.41) is 12.7. The summed E-state index contributed by atoms with van der Waals surface area (Å²) >= 11 is 0. The molecular formula is C17H16F3N3O3. The molecule has 0 radical (unpaired) electrons. The van der Waals surface area contributed by atoms with Crippen molar-refractivity contribution in [3.05, 3.63) is 47.8 Å². The number of carboxylic acid groups (broad SMARTS) is 1. The molecule has 1 saturated heterocycles. The molecule has 3 rings (SSSR count). The van der Waals surface area contributed by atoms with Crippen LogP contribution in [0.4, 0.5) is 13.2 Å². The number of carbonyl (C=O) groups excluding carboxylic acids is 1. The number of hydrogen-bond acceptors (Lipinski definition) is 3. The Labute approximate surface area is 146 Å². The van der Waals surface area contributed by atoms with Crippen molar-refractivity contribution in [1.29, 1.82) is 0 Å². The van der Waals surface area contributed by atoms with Crippen molar-refractivity contribution in [2.24, 2.45) is 0 Å². The van der Waals surface area contributed by atoms with E-state index in [9.17, 15) is 27.9 Å². The predicted octanol–water partition coefficient (Wildman–Crippen LogP) is 2.97. The van der Waals surface area contributed by atoms with Gasteiger partial charge in [0.15, 0.2) is 5.69 Å². The Hall–Kier alpha value is -2.84. The van der Waals surface area contributed by atoms with Crippen molar-refractivity contribution in [3.63, 3.8) is 0 Å². The number of piperidine rings is 1. The maximum absolute atomic E-state index is 12.6. The number of carbonyl (C=O) groups is 2. The number of nitrogens with zero attached hydrogens (tertiary/aromatic N) is 3. The molecule has 2 aromatic rings. The quantitative estimate of drug-likeness (QED) is 0.905. The molecule has 138 valence electrons. The lowest BCUT2D eigenvalue weighted by Crippen LogP contribution is -2.47. The van der Waals surface area contributed by atoms with Gasteiger partial charge in [-0.3, -0.25) is 4.79 Å². The van der Waals surface area contributed by atoms with Crippen molar-refractivity contribution < 1.29 is 27.9 Å². The fourth-order valence-corrected chi connectivity index (χ4v) is 2.97. The minimum atomic E-state index is -4.53. The third kappa shape index (κ3) is 3.56. The number of carboxylic acids is 1. The van der Waals surface area contributed by atoms with Gasteiger partial charge in [0.05, 0.1) is 5.69 Å². The molecule has 0 spiro atoms. The van der Waals surface area contributed by atoms with E-state index in [4.69, 9.17) is 0 Å². The number of benzene rings is 1. The maximum atomic E-state index is 12.6. The Morgan fingerprint density at radius 2 is 1.81 bits per heavy atom. The molecule has 0 saturated carbocycles. The van der Waals surface area contributed by atoms with E-state index in [1.54, 1.807) is 0 Å². The van der Waals surface area contributed by atoms with Crippen molar-refractivity contribution in [1.82, 2.24) is 14.7 Å². The molecule has 1 aliphatic rings. The molecule has 0 unspecified atom stereocenters. The number of halogens is 3. The molecule has 9 heteroatoms. The largest absolute Gasteiger partial charge is 0.480 e. The molecule has 1 aliphatic heterocycles. The first-order chi connectivity index (χ1) is 12.3. The number of amides is 1. The van der Waals surface area contributed by atoms with Gasteiger partial charge >= 0.3 is 12.1 Å². The summed E-state index contributed by atoms with van der Waals surface area (Å²) in [5.41, 5.74) is -0.356. The van der Waals surface area contributed by atoms with E-state index in [1.165, 1.54) is 35.4 Å². The van der Waals surface area contributed by atoms with Gasteiger partial charge in [0.25, 0.3) is 5.91 Å². The first-order valence-electron chi connectivity index (χ1n) is 8.04. The van der Waals surface area contributed by atoms with Crippen LogP contribution >= 0.6 is 0 Å². The van der Waals surface area contributed by atoms with E-state index in [0.717, 1.165) is 23.6 Å². The van der Waals surface area contributed by atoms with Crippen LogP contribution in [0, 0.1) is 0 Å². The van der Waals surface area contributed by atoms with Crippen LogP contribution in [-0.2, 0) is 11.0 Å². The number of rotatable bonds is 3. The van der Waals surface area contributed by atoms with E-state index >= 15 is 0 Å². The number of likely N-dealkylation sites (tertiary alicyclic amines) is 1. The zero-order valence-corrected chi connectivity index (χ0v) is 13.6. The summed E-state index contributed by atoms with van der Waals surface area (Å²) in [5.74, 6) is -1.44. The van der Waals surface area contributed by atoms with Gasteiger partial charge in [0.1, 0.15) is 6.04 Å². The van der Waals surface area contributed by atoms with Crippen LogP contribution in [0.25, 0.3) is 5.69 Å². The minimum Gasteiger partial charge on any atom is -0.480 e. The summed E-state index contributed by atoms with van der Waals surface area (Å²) < 4.78 is 38.9. The maximum Gasteiger partial charge on any atom is 0.435 e. The minimum absolute atomic E-state index is 0.283. The fraction of sp³-hybridized carbons (Fsp3) is 0.353. The van der Waals surface area contributed by atoms with Crippen molar-refractivity contribution in [3.8, 4) is 5.69 Å². The van der Waals surface area contributed by atoms with Crippen molar-refractivity contribution >= 4 is 11.9 Å². The van der Waals surface area contributed by atoms with E-state index in [2.05, 4.69) is 5.10 Å². The second-order valence-electron chi connectivity index (χ2n) is 6.04. The van der Waals surface area contributed by atoms with Crippen LogP contribution < -0.4 is 0 Å². The summed E-state index contributed by atoms with van der Waals surface area (Å²) in [7, 11) is 0. The molecular weight excluding hydrogens is 351 g/mol. The molecule has 1 N–H and O–H groups in total. The van der Waals surface area contributed by atoms with Crippen molar-refractivity contribution in [2.45, 2.75) is 31.5 Å². The molecule has 6 nitrogen and oxygen atoms in total. The van der Waals surface area contributed by atoms with Gasteiger partial charge < -0.3 is 10.0 Å². The Bertz CT molecular complexity index is 815. The van der Waals surface area contributed by atoms with Gasteiger partial charge in [0, 0.05) is 18.3 Å². The molecule has 1 atom stereocenters. The fourth-order valence-electron chi connectivity index (χ4n) is 2.97. The molecule has 1 aromatic heterocycles. The Kier molecular flexibility index (Phi) is 4.71. The molecule has 0 bridgehead atoms. The smallest absolute Gasteiger partial charge is 0.435 e. The Balaban J connectivity index is 1.79. The highest BCUT2D eigenvalue weighted by Gasteiger charge is 2.34. The SMILES string of the molecule is O=C(O)[C@H]1CCCCN1C(=O)c1ccc(-n2ccc(C(F)(F)F)n2)cc1. The third-order valence-electron chi connectivity index (χ3n) is 4.31.